The molecule has 4 heterocycles. The highest BCUT2D eigenvalue weighted by Gasteiger charge is 2.38. The first-order chi connectivity index (χ1) is 11.7. The van der Waals surface area contributed by atoms with Crippen LogP contribution in [0.2, 0.25) is 0 Å². The summed E-state index contributed by atoms with van der Waals surface area (Å²) in [6, 6.07) is 7.62. The van der Waals surface area contributed by atoms with Crippen molar-refractivity contribution in [1.29, 1.82) is 0 Å². The van der Waals surface area contributed by atoms with Crippen LogP contribution in [0.3, 0.4) is 0 Å². The van der Waals surface area contributed by atoms with Gasteiger partial charge in [0.05, 0.1) is 17.1 Å². The van der Waals surface area contributed by atoms with Crippen molar-refractivity contribution in [3.63, 3.8) is 0 Å². The molecule has 0 spiro atoms. The van der Waals surface area contributed by atoms with Gasteiger partial charge in [0.25, 0.3) is 0 Å². The van der Waals surface area contributed by atoms with Gasteiger partial charge in [-0.05, 0) is 25.0 Å². The SMILES string of the molecule is O=C(O)C1=Nc2ccccc2NC2=C1N1CCC2CC1.O=S(=O)(O)O. The number of hydrogen-bond donors (Lipinski definition) is 4. The highest BCUT2D eigenvalue weighted by molar-refractivity contribution is 7.79. The molecule has 4 aliphatic heterocycles. The molecule has 1 aromatic carbocycles. The third kappa shape index (κ3) is 3.81. The van der Waals surface area contributed by atoms with Gasteiger partial charge < -0.3 is 15.3 Å². The normalized spacial score (nSPS) is 19.0. The van der Waals surface area contributed by atoms with Crippen LogP contribution in [0.15, 0.2) is 40.7 Å². The van der Waals surface area contributed by atoms with Crippen LogP contribution in [-0.2, 0) is 15.2 Å². The van der Waals surface area contributed by atoms with Crippen molar-refractivity contribution in [2.75, 3.05) is 18.4 Å². The van der Waals surface area contributed by atoms with Crippen LogP contribution in [0, 0.1) is 5.92 Å². The van der Waals surface area contributed by atoms with Gasteiger partial charge in [-0.3, -0.25) is 9.11 Å². The largest absolute Gasteiger partial charge is 0.476 e. The Balaban J connectivity index is 0.000000324. The van der Waals surface area contributed by atoms with Crippen molar-refractivity contribution in [2.24, 2.45) is 10.9 Å². The lowest BCUT2D eigenvalue weighted by Gasteiger charge is -2.43. The number of nitrogens with one attached hydrogen (secondary N) is 1. The Bertz CT molecular complexity index is 861. The standard InChI is InChI=1S/C15H15N3O2.H2O4S/c19-15(20)13-14-12(9-5-7-18(14)8-6-9)16-10-3-1-2-4-11(10)17-13;1-5(2,3)4/h1-4,9,16H,5-8H2,(H,19,20);(H2,1,2,3,4). The Morgan fingerprint density at radius 3 is 2.40 bits per heavy atom. The fourth-order valence-electron chi connectivity index (χ4n) is 3.34. The van der Waals surface area contributed by atoms with Gasteiger partial charge in [0.2, 0.25) is 0 Å². The number of allylic oxidation sites excluding steroid dienone is 1. The number of carbonyl (C=O) groups is 1. The molecule has 134 valence electrons. The first-order valence-corrected chi connectivity index (χ1v) is 9.01. The Hall–Kier alpha value is -2.43. The molecule has 0 radical (unpaired) electrons. The van der Waals surface area contributed by atoms with Gasteiger partial charge in [0, 0.05) is 24.7 Å². The molecule has 0 aliphatic carbocycles. The van der Waals surface area contributed by atoms with Crippen LogP contribution in [0.1, 0.15) is 12.8 Å². The van der Waals surface area contributed by atoms with Crippen molar-refractivity contribution in [3.05, 3.63) is 35.7 Å². The van der Waals surface area contributed by atoms with E-state index in [-0.39, 0.29) is 5.71 Å². The van der Waals surface area contributed by atoms with E-state index in [2.05, 4.69) is 15.2 Å². The molecule has 0 unspecified atom stereocenters. The van der Waals surface area contributed by atoms with E-state index in [9.17, 15) is 9.90 Å². The van der Waals surface area contributed by atoms with Crippen molar-refractivity contribution in [1.82, 2.24) is 4.90 Å². The second-order valence-electron chi connectivity index (χ2n) is 5.88. The maximum atomic E-state index is 11.6. The molecular formula is C15H17N3O6S. The molecule has 1 saturated heterocycles. The predicted octanol–water partition coefficient (Wildman–Crippen LogP) is 1.55. The molecule has 10 heteroatoms. The number of nitrogens with zero attached hydrogens (tertiary/aromatic N) is 2. The molecular weight excluding hydrogens is 350 g/mol. The number of fused-ring (bicyclic) bond motifs is 3. The quantitative estimate of drug-likeness (QED) is 0.548. The molecule has 1 fully saturated rings. The lowest BCUT2D eigenvalue weighted by Crippen LogP contribution is -2.45. The molecule has 4 N–H and O–H groups in total. The van der Waals surface area contributed by atoms with Gasteiger partial charge in [-0.1, -0.05) is 12.1 Å². The Morgan fingerprint density at radius 2 is 1.80 bits per heavy atom. The zero-order valence-electron chi connectivity index (χ0n) is 13.1. The summed E-state index contributed by atoms with van der Waals surface area (Å²) in [4.78, 5) is 18.2. The van der Waals surface area contributed by atoms with Crippen molar-refractivity contribution >= 4 is 33.5 Å². The number of aliphatic imine (C=N–C) groups is 1. The third-order valence-electron chi connectivity index (χ3n) is 4.31. The molecule has 0 aromatic heterocycles. The van der Waals surface area contributed by atoms with E-state index >= 15 is 0 Å². The van der Waals surface area contributed by atoms with Crippen LogP contribution in [0.25, 0.3) is 0 Å². The van der Waals surface area contributed by atoms with E-state index in [1.165, 1.54) is 0 Å². The van der Waals surface area contributed by atoms with Crippen LogP contribution in [0.4, 0.5) is 11.4 Å². The first kappa shape index (κ1) is 17.4. The minimum Gasteiger partial charge on any atom is -0.476 e. The number of rotatable bonds is 1. The van der Waals surface area contributed by atoms with E-state index < -0.39 is 16.4 Å². The molecule has 1 aromatic rings. The zero-order chi connectivity index (χ0) is 18.2. The summed E-state index contributed by atoms with van der Waals surface area (Å²) in [5.74, 6) is -0.533. The smallest absolute Gasteiger partial charge is 0.394 e. The zero-order valence-corrected chi connectivity index (χ0v) is 13.9. The van der Waals surface area contributed by atoms with Gasteiger partial charge in [-0.2, -0.15) is 8.42 Å². The number of aliphatic carboxylic acids is 1. The molecule has 0 saturated carbocycles. The summed E-state index contributed by atoms with van der Waals surface area (Å²) in [6.45, 7) is 1.85. The molecule has 5 rings (SSSR count). The summed E-state index contributed by atoms with van der Waals surface area (Å²) in [7, 11) is -4.67. The van der Waals surface area contributed by atoms with Gasteiger partial charge in [-0.25, -0.2) is 9.79 Å². The number of anilines is 1. The lowest BCUT2D eigenvalue weighted by atomic mass is 9.85. The summed E-state index contributed by atoms with van der Waals surface area (Å²) < 4.78 is 31.6. The molecule has 2 bridgehead atoms. The second-order valence-corrected chi connectivity index (χ2v) is 6.77. The van der Waals surface area contributed by atoms with Crippen molar-refractivity contribution in [2.45, 2.75) is 12.8 Å². The van der Waals surface area contributed by atoms with Gasteiger partial charge in [-0.15, -0.1) is 0 Å². The first-order valence-electron chi connectivity index (χ1n) is 7.61. The van der Waals surface area contributed by atoms with Gasteiger partial charge in [0.15, 0.2) is 5.71 Å². The van der Waals surface area contributed by atoms with E-state index in [1.807, 2.05) is 24.3 Å². The maximum Gasteiger partial charge on any atom is 0.394 e. The Kier molecular flexibility index (Phi) is 4.50. The number of piperidine rings is 1. The topological polar surface area (TPSA) is 140 Å². The molecule has 9 nitrogen and oxygen atoms in total. The van der Waals surface area contributed by atoms with E-state index in [1.54, 1.807) is 0 Å². The minimum absolute atomic E-state index is 0.168. The van der Waals surface area contributed by atoms with E-state index in [0.29, 0.717) is 11.6 Å². The lowest BCUT2D eigenvalue weighted by molar-refractivity contribution is -0.129. The highest BCUT2D eigenvalue weighted by atomic mass is 32.3. The van der Waals surface area contributed by atoms with Crippen LogP contribution >= 0.6 is 0 Å². The predicted molar refractivity (Wildman–Crippen MR) is 90.3 cm³/mol. The fourth-order valence-corrected chi connectivity index (χ4v) is 3.34. The number of para-hydroxylation sites is 2. The van der Waals surface area contributed by atoms with Crippen LogP contribution < -0.4 is 5.32 Å². The second kappa shape index (κ2) is 6.47. The average molecular weight is 367 g/mol. The van der Waals surface area contributed by atoms with Crippen molar-refractivity contribution < 1.29 is 27.4 Å². The summed E-state index contributed by atoms with van der Waals surface area (Å²) in [6.07, 6.45) is 2.17. The average Bonchev–Trinajstić information content (AvgIpc) is 2.72. The molecule has 0 atom stereocenters. The number of carboxylic acids is 1. The number of hydrogen-bond acceptors (Lipinski definition) is 6. The number of carboxylic acid groups (broad SMARTS) is 1. The van der Waals surface area contributed by atoms with E-state index in [4.69, 9.17) is 17.5 Å². The Morgan fingerprint density at radius 1 is 1.20 bits per heavy atom. The Labute approximate surface area is 144 Å². The molecule has 4 aliphatic rings. The third-order valence-corrected chi connectivity index (χ3v) is 4.31. The van der Waals surface area contributed by atoms with Gasteiger partial charge >= 0.3 is 16.4 Å². The summed E-state index contributed by atoms with van der Waals surface area (Å²) in [5.41, 5.74) is 3.58. The monoisotopic (exact) mass is 367 g/mol. The van der Waals surface area contributed by atoms with Crippen LogP contribution in [0.5, 0.6) is 0 Å². The minimum atomic E-state index is -4.67. The van der Waals surface area contributed by atoms with E-state index in [0.717, 1.165) is 43.0 Å². The maximum absolute atomic E-state index is 11.6. The fraction of sp³-hybridized carbons (Fsp3) is 0.333. The van der Waals surface area contributed by atoms with Crippen molar-refractivity contribution in [3.8, 4) is 0 Å². The van der Waals surface area contributed by atoms with Gasteiger partial charge in [0.1, 0.15) is 0 Å². The number of benzene rings is 1. The highest BCUT2D eigenvalue weighted by Crippen LogP contribution is 2.41. The summed E-state index contributed by atoms with van der Waals surface area (Å²) >= 11 is 0. The molecule has 25 heavy (non-hydrogen) atoms. The van der Waals surface area contributed by atoms with Crippen LogP contribution in [-0.4, -0.2) is 52.3 Å². The molecule has 0 amide bonds. The summed E-state index contributed by atoms with van der Waals surface area (Å²) in [5, 5.41) is 13.0.